The molecule has 9 nitrogen and oxygen atoms in total. The number of non-ortho nitro benzene ring substituents is 1. The number of halogens is 2. The zero-order valence-electron chi connectivity index (χ0n) is 16.5. The van der Waals surface area contributed by atoms with Crippen LogP contribution in [-0.4, -0.2) is 26.7 Å². The van der Waals surface area contributed by atoms with Gasteiger partial charge in [0.1, 0.15) is 16.5 Å². The number of nitro benzene ring substituents is 1. The van der Waals surface area contributed by atoms with Gasteiger partial charge in [-0.25, -0.2) is 12.8 Å². The number of rotatable bonds is 8. The number of benzene rings is 3. The van der Waals surface area contributed by atoms with E-state index >= 15 is 0 Å². The Hall–Kier alpha value is -3.70. The van der Waals surface area contributed by atoms with Gasteiger partial charge in [-0.1, -0.05) is 17.7 Å². The third kappa shape index (κ3) is 5.31. The largest absolute Gasteiger partial charge is 0.497 e. The SMILES string of the molecule is COc1ccc(NS(=O)(=O)c2cc([N+](=O)[O-])ccc2N/N=C\c2c(F)cccc2Cl)cc1. The van der Waals surface area contributed by atoms with Crippen LogP contribution in [0.4, 0.5) is 21.5 Å². The highest BCUT2D eigenvalue weighted by Crippen LogP contribution is 2.29. The van der Waals surface area contributed by atoms with Crippen LogP contribution in [0.25, 0.3) is 0 Å². The second-order valence-electron chi connectivity index (χ2n) is 6.28. The van der Waals surface area contributed by atoms with Gasteiger partial charge in [-0.2, -0.15) is 5.10 Å². The smallest absolute Gasteiger partial charge is 0.270 e. The van der Waals surface area contributed by atoms with Gasteiger partial charge in [0.25, 0.3) is 15.7 Å². The maximum atomic E-state index is 13.9. The number of hydrazone groups is 1. The van der Waals surface area contributed by atoms with Gasteiger partial charge in [0.05, 0.1) is 29.0 Å². The molecular formula is C20H16ClFN4O5S. The lowest BCUT2D eigenvalue weighted by Gasteiger charge is -2.12. The number of nitrogens with zero attached hydrogens (tertiary/aromatic N) is 2. The van der Waals surface area contributed by atoms with E-state index in [2.05, 4.69) is 15.2 Å². The van der Waals surface area contributed by atoms with Gasteiger partial charge in [-0.3, -0.25) is 20.3 Å². The van der Waals surface area contributed by atoms with Crippen LogP contribution in [0.5, 0.6) is 5.75 Å². The topological polar surface area (TPSA) is 123 Å². The number of sulfonamides is 1. The van der Waals surface area contributed by atoms with Crippen molar-refractivity contribution >= 4 is 44.9 Å². The van der Waals surface area contributed by atoms with E-state index in [-0.39, 0.29) is 22.0 Å². The Morgan fingerprint density at radius 1 is 1.16 bits per heavy atom. The van der Waals surface area contributed by atoms with Crippen LogP contribution in [0.3, 0.4) is 0 Å². The number of ether oxygens (including phenoxy) is 1. The maximum absolute atomic E-state index is 13.9. The third-order valence-electron chi connectivity index (χ3n) is 4.19. The van der Waals surface area contributed by atoms with E-state index in [1.807, 2.05) is 0 Å². The first-order valence-corrected chi connectivity index (χ1v) is 10.8. The van der Waals surface area contributed by atoms with Crippen molar-refractivity contribution in [3.8, 4) is 5.75 Å². The molecule has 0 spiro atoms. The molecule has 2 N–H and O–H groups in total. The number of nitrogens with one attached hydrogen (secondary N) is 2. The highest BCUT2D eigenvalue weighted by molar-refractivity contribution is 7.92. The molecule has 0 aliphatic rings. The average Bonchev–Trinajstić information content (AvgIpc) is 2.76. The summed E-state index contributed by atoms with van der Waals surface area (Å²) in [6, 6.07) is 13.3. The average molecular weight is 479 g/mol. The molecule has 0 aliphatic heterocycles. The van der Waals surface area contributed by atoms with E-state index in [4.69, 9.17) is 16.3 Å². The summed E-state index contributed by atoms with van der Waals surface area (Å²) in [6.45, 7) is 0. The van der Waals surface area contributed by atoms with E-state index in [9.17, 15) is 22.9 Å². The molecule has 0 radical (unpaired) electrons. The quantitative estimate of drug-likeness (QED) is 0.276. The standard InChI is InChI=1S/C20H16ClFN4O5S/c1-31-15-8-5-13(6-9-15)25-32(29,30)20-11-14(26(27)28)7-10-19(20)24-23-12-16-17(21)3-2-4-18(16)22/h2-12,24-25H,1H3/b23-12-. The van der Waals surface area contributed by atoms with Crippen molar-refractivity contribution in [1.82, 2.24) is 0 Å². The van der Waals surface area contributed by atoms with E-state index in [1.165, 1.54) is 43.5 Å². The Morgan fingerprint density at radius 2 is 1.88 bits per heavy atom. The molecule has 0 unspecified atom stereocenters. The Labute approximate surface area is 187 Å². The predicted octanol–water partition coefficient (Wildman–Crippen LogP) is 4.64. The Balaban J connectivity index is 1.95. The van der Waals surface area contributed by atoms with Crippen LogP contribution in [0.1, 0.15) is 5.56 Å². The van der Waals surface area contributed by atoms with Crippen molar-refractivity contribution in [2.24, 2.45) is 5.10 Å². The van der Waals surface area contributed by atoms with Crippen LogP contribution in [0.2, 0.25) is 5.02 Å². The maximum Gasteiger partial charge on any atom is 0.270 e. The molecular weight excluding hydrogens is 463 g/mol. The highest BCUT2D eigenvalue weighted by atomic mass is 35.5. The summed E-state index contributed by atoms with van der Waals surface area (Å²) in [5.41, 5.74) is 2.17. The number of methoxy groups -OCH3 is 1. The third-order valence-corrected chi connectivity index (χ3v) is 5.94. The normalized spacial score (nSPS) is 11.3. The summed E-state index contributed by atoms with van der Waals surface area (Å²) in [7, 11) is -2.80. The predicted molar refractivity (Wildman–Crippen MR) is 120 cm³/mol. The van der Waals surface area contributed by atoms with E-state index < -0.39 is 31.3 Å². The van der Waals surface area contributed by atoms with Crippen molar-refractivity contribution in [3.05, 3.63) is 87.2 Å². The lowest BCUT2D eigenvalue weighted by Crippen LogP contribution is -2.15. The first kappa shape index (κ1) is 23.0. The summed E-state index contributed by atoms with van der Waals surface area (Å²) in [5.74, 6) is -0.104. The minimum atomic E-state index is -4.26. The molecule has 3 aromatic carbocycles. The van der Waals surface area contributed by atoms with Gasteiger partial charge >= 0.3 is 0 Å². The molecule has 0 amide bonds. The summed E-state index contributed by atoms with van der Waals surface area (Å²) >= 11 is 5.93. The number of anilines is 2. The Morgan fingerprint density at radius 3 is 2.50 bits per heavy atom. The molecule has 32 heavy (non-hydrogen) atoms. The second-order valence-corrected chi connectivity index (χ2v) is 8.33. The van der Waals surface area contributed by atoms with E-state index in [0.29, 0.717) is 5.75 Å². The van der Waals surface area contributed by atoms with Crippen molar-refractivity contribution < 1.29 is 22.5 Å². The Kier molecular flexibility index (Phi) is 6.91. The van der Waals surface area contributed by atoms with Gasteiger partial charge in [-0.05, 0) is 42.5 Å². The van der Waals surface area contributed by atoms with Crippen molar-refractivity contribution in [3.63, 3.8) is 0 Å². The first-order chi connectivity index (χ1) is 15.2. The summed E-state index contributed by atoms with van der Waals surface area (Å²) in [6.07, 6.45) is 1.08. The zero-order valence-corrected chi connectivity index (χ0v) is 18.0. The fraction of sp³-hybridized carbons (Fsp3) is 0.0500. The second kappa shape index (κ2) is 9.62. The molecule has 166 valence electrons. The fourth-order valence-electron chi connectivity index (χ4n) is 2.61. The van der Waals surface area contributed by atoms with Crippen molar-refractivity contribution in [2.75, 3.05) is 17.3 Å². The molecule has 0 aliphatic carbocycles. The molecule has 0 saturated carbocycles. The van der Waals surface area contributed by atoms with Crippen LogP contribution in [0.15, 0.2) is 70.7 Å². The van der Waals surface area contributed by atoms with Crippen molar-refractivity contribution in [1.29, 1.82) is 0 Å². The molecule has 12 heteroatoms. The van der Waals surface area contributed by atoms with Gasteiger partial charge in [-0.15, -0.1) is 0 Å². The highest BCUT2D eigenvalue weighted by Gasteiger charge is 2.23. The molecule has 0 aromatic heterocycles. The van der Waals surface area contributed by atoms with Gasteiger partial charge in [0, 0.05) is 23.4 Å². The monoisotopic (exact) mass is 478 g/mol. The molecule has 0 fully saturated rings. The lowest BCUT2D eigenvalue weighted by atomic mass is 10.2. The number of nitro groups is 1. The molecule has 0 saturated heterocycles. The molecule has 3 aromatic rings. The van der Waals surface area contributed by atoms with Crippen LogP contribution in [-0.2, 0) is 10.0 Å². The van der Waals surface area contributed by atoms with Crippen LogP contribution in [0, 0.1) is 15.9 Å². The number of hydrogen-bond donors (Lipinski definition) is 2. The minimum absolute atomic E-state index is 0.00987. The van der Waals surface area contributed by atoms with E-state index in [1.54, 1.807) is 12.1 Å². The molecule has 0 heterocycles. The minimum Gasteiger partial charge on any atom is -0.497 e. The van der Waals surface area contributed by atoms with Gasteiger partial charge in [0.15, 0.2) is 0 Å². The summed E-state index contributed by atoms with van der Waals surface area (Å²) < 4.78 is 47.2. The van der Waals surface area contributed by atoms with Gasteiger partial charge in [0.2, 0.25) is 0 Å². The fourth-order valence-corrected chi connectivity index (χ4v) is 4.06. The lowest BCUT2D eigenvalue weighted by molar-refractivity contribution is -0.385. The number of hydrogen-bond acceptors (Lipinski definition) is 7. The van der Waals surface area contributed by atoms with Gasteiger partial charge < -0.3 is 4.74 Å². The molecule has 0 atom stereocenters. The van der Waals surface area contributed by atoms with E-state index in [0.717, 1.165) is 18.3 Å². The summed E-state index contributed by atoms with van der Waals surface area (Å²) in [5, 5.41) is 15.1. The van der Waals surface area contributed by atoms with Crippen LogP contribution >= 0.6 is 11.6 Å². The first-order valence-electron chi connectivity index (χ1n) is 8.89. The summed E-state index contributed by atoms with van der Waals surface area (Å²) in [4.78, 5) is 10.0. The Bertz CT molecular complexity index is 1260. The molecule has 3 rings (SSSR count). The molecule has 0 bridgehead atoms. The van der Waals surface area contributed by atoms with Crippen LogP contribution < -0.4 is 14.9 Å². The van der Waals surface area contributed by atoms with Crippen molar-refractivity contribution in [2.45, 2.75) is 4.90 Å². The zero-order chi connectivity index (χ0) is 23.3.